The van der Waals surface area contributed by atoms with E-state index >= 15 is 0 Å². The van der Waals surface area contributed by atoms with Crippen molar-refractivity contribution in [2.45, 2.75) is 25.3 Å². The van der Waals surface area contributed by atoms with Gasteiger partial charge in [0.15, 0.2) is 0 Å². The van der Waals surface area contributed by atoms with Crippen LogP contribution in [0, 0.1) is 13.8 Å². The van der Waals surface area contributed by atoms with Crippen LogP contribution in [0.25, 0.3) is 11.0 Å². The molecule has 0 saturated carbocycles. The first-order chi connectivity index (χ1) is 12.4. The predicted molar refractivity (Wildman–Crippen MR) is 101 cm³/mol. The van der Waals surface area contributed by atoms with Crippen LogP contribution in [0.3, 0.4) is 0 Å². The third-order valence-electron chi connectivity index (χ3n) is 4.04. The molecule has 134 valence electrons. The number of phenols is 1. The van der Waals surface area contributed by atoms with Crippen LogP contribution in [-0.4, -0.2) is 16.8 Å². The summed E-state index contributed by atoms with van der Waals surface area (Å²) < 4.78 is 10.4. The summed E-state index contributed by atoms with van der Waals surface area (Å²) in [6, 6.07) is 11.8. The van der Waals surface area contributed by atoms with Gasteiger partial charge >= 0.3 is 11.6 Å². The first-order valence-corrected chi connectivity index (χ1v) is 9.02. The fourth-order valence-corrected chi connectivity index (χ4v) is 3.28. The van der Waals surface area contributed by atoms with Crippen molar-refractivity contribution in [1.29, 1.82) is 0 Å². The first kappa shape index (κ1) is 18.1. The maximum absolute atomic E-state index is 12.0. The van der Waals surface area contributed by atoms with Crippen LogP contribution in [0.15, 0.2) is 56.6 Å². The first-order valence-electron chi connectivity index (χ1n) is 8.04. The quantitative estimate of drug-likeness (QED) is 0.416. The van der Waals surface area contributed by atoms with Crippen molar-refractivity contribution in [2.75, 3.05) is 5.75 Å². The van der Waals surface area contributed by atoms with Gasteiger partial charge < -0.3 is 14.3 Å². The minimum absolute atomic E-state index is 0.000383. The van der Waals surface area contributed by atoms with E-state index in [1.165, 1.54) is 41.1 Å². The Bertz CT molecular complexity index is 1020. The van der Waals surface area contributed by atoms with Crippen LogP contribution in [0.1, 0.15) is 16.7 Å². The van der Waals surface area contributed by atoms with Crippen molar-refractivity contribution in [1.82, 2.24) is 0 Å². The Kier molecular flexibility index (Phi) is 5.32. The van der Waals surface area contributed by atoms with Crippen LogP contribution in [0.2, 0.25) is 0 Å². The van der Waals surface area contributed by atoms with Crippen LogP contribution in [0.4, 0.5) is 0 Å². The second kappa shape index (κ2) is 7.66. The zero-order valence-electron chi connectivity index (χ0n) is 14.4. The van der Waals surface area contributed by atoms with E-state index in [0.717, 1.165) is 4.90 Å². The van der Waals surface area contributed by atoms with Crippen molar-refractivity contribution in [2.24, 2.45) is 0 Å². The van der Waals surface area contributed by atoms with E-state index in [1.54, 1.807) is 6.07 Å². The average Bonchev–Trinajstić information content (AvgIpc) is 2.60. The molecule has 3 rings (SSSR count). The molecule has 0 saturated heterocycles. The molecule has 0 aliphatic rings. The molecule has 3 aromatic rings. The molecule has 0 spiro atoms. The van der Waals surface area contributed by atoms with E-state index in [1.807, 2.05) is 32.0 Å². The topological polar surface area (TPSA) is 76.7 Å². The Morgan fingerprint density at radius 3 is 2.69 bits per heavy atom. The molecular weight excluding hydrogens is 352 g/mol. The summed E-state index contributed by atoms with van der Waals surface area (Å²) in [6.07, 6.45) is 0. The molecule has 0 fully saturated rings. The Morgan fingerprint density at radius 2 is 1.92 bits per heavy atom. The SMILES string of the molecule is Cc1ccc(SCC(=O)OCc2cc(=O)oc3cc(O)ccc23)cc1C. The largest absolute Gasteiger partial charge is 0.508 e. The molecule has 0 radical (unpaired) electrons. The number of rotatable bonds is 5. The molecule has 6 heteroatoms. The highest BCUT2D eigenvalue weighted by atomic mass is 32.2. The Labute approximate surface area is 154 Å². The van der Waals surface area contributed by atoms with Crippen molar-refractivity contribution in [3.8, 4) is 5.75 Å². The summed E-state index contributed by atoms with van der Waals surface area (Å²) in [7, 11) is 0. The summed E-state index contributed by atoms with van der Waals surface area (Å²) in [5, 5.41) is 10.1. The van der Waals surface area contributed by atoms with Gasteiger partial charge in [-0.1, -0.05) is 6.07 Å². The Hall–Kier alpha value is -2.73. The number of aryl methyl sites for hydroxylation is 2. The van der Waals surface area contributed by atoms with Gasteiger partial charge in [-0.15, -0.1) is 11.8 Å². The van der Waals surface area contributed by atoms with Gasteiger partial charge in [-0.05, 0) is 49.2 Å². The number of ether oxygens (including phenoxy) is 1. The lowest BCUT2D eigenvalue weighted by Crippen LogP contribution is -2.09. The molecular formula is C20H18O5S. The lowest BCUT2D eigenvalue weighted by Gasteiger charge is -2.08. The predicted octanol–water partition coefficient (Wildman–Crippen LogP) is 3.95. The molecule has 1 N–H and O–H groups in total. The molecule has 26 heavy (non-hydrogen) atoms. The van der Waals surface area contributed by atoms with Gasteiger partial charge in [0, 0.05) is 28.0 Å². The summed E-state index contributed by atoms with van der Waals surface area (Å²) in [6.45, 7) is 4.04. The number of esters is 1. The minimum Gasteiger partial charge on any atom is -0.508 e. The van der Waals surface area contributed by atoms with Crippen LogP contribution in [0.5, 0.6) is 5.75 Å². The van der Waals surface area contributed by atoms with E-state index < -0.39 is 5.63 Å². The fraction of sp³-hybridized carbons (Fsp3) is 0.200. The van der Waals surface area contributed by atoms with Gasteiger partial charge in [0.2, 0.25) is 0 Å². The molecule has 2 aromatic carbocycles. The highest BCUT2D eigenvalue weighted by molar-refractivity contribution is 8.00. The van der Waals surface area contributed by atoms with Gasteiger partial charge in [0.1, 0.15) is 17.9 Å². The zero-order chi connectivity index (χ0) is 18.7. The lowest BCUT2D eigenvalue weighted by molar-refractivity contribution is -0.141. The minimum atomic E-state index is -0.557. The van der Waals surface area contributed by atoms with Crippen LogP contribution >= 0.6 is 11.8 Å². The molecule has 0 bridgehead atoms. The average molecular weight is 370 g/mol. The zero-order valence-corrected chi connectivity index (χ0v) is 15.3. The number of carbonyl (C=O) groups excluding carboxylic acids is 1. The number of thioether (sulfide) groups is 1. The standard InChI is InChI=1S/C20H18O5S/c1-12-3-5-16(7-13(12)2)26-11-20(23)24-10-14-8-19(22)25-18-9-15(21)4-6-17(14)18/h3-9,21H,10-11H2,1-2H3. The van der Waals surface area contributed by atoms with Gasteiger partial charge in [0.05, 0.1) is 5.75 Å². The molecule has 0 aliphatic heterocycles. The molecule has 0 aliphatic carbocycles. The number of benzene rings is 2. The highest BCUT2D eigenvalue weighted by Gasteiger charge is 2.10. The number of hydrogen-bond acceptors (Lipinski definition) is 6. The van der Waals surface area contributed by atoms with Gasteiger partial charge in [0.25, 0.3) is 0 Å². The third kappa shape index (κ3) is 4.26. The molecule has 1 heterocycles. The summed E-state index contributed by atoms with van der Waals surface area (Å²) in [5.41, 5.74) is 2.62. The molecule has 5 nitrogen and oxygen atoms in total. The van der Waals surface area contributed by atoms with Crippen molar-refractivity contribution < 1.29 is 19.1 Å². The normalized spacial score (nSPS) is 10.8. The number of fused-ring (bicyclic) bond motifs is 1. The van der Waals surface area contributed by atoms with E-state index in [0.29, 0.717) is 10.9 Å². The number of carbonyl (C=O) groups is 1. The smallest absolute Gasteiger partial charge is 0.336 e. The number of phenolic OH excluding ortho intramolecular Hbond substituents is 1. The Balaban J connectivity index is 1.65. The Morgan fingerprint density at radius 1 is 1.12 bits per heavy atom. The maximum atomic E-state index is 12.0. The van der Waals surface area contributed by atoms with E-state index in [2.05, 4.69) is 0 Å². The van der Waals surface area contributed by atoms with E-state index in [-0.39, 0.29) is 29.7 Å². The number of hydrogen-bond donors (Lipinski definition) is 1. The fourth-order valence-electron chi connectivity index (χ4n) is 2.48. The lowest BCUT2D eigenvalue weighted by atomic mass is 10.1. The second-order valence-corrected chi connectivity index (χ2v) is 7.02. The molecule has 0 amide bonds. The molecule has 0 unspecified atom stereocenters. The van der Waals surface area contributed by atoms with E-state index in [4.69, 9.17) is 9.15 Å². The van der Waals surface area contributed by atoms with E-state index in [9.17, 15) is 14.7 Å². The second-order valence-electron chi connectivity index (χ2n) is 5.97. The third-order valence-corrected chi connectivity index (χ3v) is 5.00. The highest BCUT2D eigenvalue weighted by Crippen LogP contribution is 2.23. The molecule has 1 aromatic heterocycles. The van der Waals surface area contributed by atoms with Gasteiger partial charge in [-0.25, -0.2) is 4.79 Å². The summed E-state index contributed by atoms with van der Waals surface area (Å²) >= 11 is 1.41. The monoisotopic (exact) mass is 370 g/mol. The maximum Gasteiger partial charge on any atom is 0.336 e. The van der Waals surface area contributed by atoms with Crippen LogP contribution in [-0.2, 0) is 16.1 Å². The van der Waals surface area contributed by atoms with Crippen molar-refractivity contribution in [3.05, 3.63) is 69.6 Å². The van der Waals surface area contributed by atoms with Crippen molar-refractivity contribution >= 4 is 28.7 Å². The number of aromatic hydroxyl groups is 1. The van der Waals surface area contributed by atoms with Crippen LogP contribution < -0.4 is 5.63 Å². The summed E-state index contributed by atoms with van der Waals surface area (Å²) in [4.78, 5) is 24.7. The molecule has 0 atom stereocenters. The van der Waals surface area contributed by atoms with Gasteiger partial charge in [-0.3, -0.25) is 4.79 Å². The summed E-state index contributed by atoms with van der Waals surface area (Å²) in [5.74, 6) is -0.184. The van der Waals surface area contributed by atoms with Crippen molar-refractivity contribution in [3.63, 3.8) is 0 Å². The van der Waals surface area contributed by atoms with Gasteiger partial charge in [-0.2, -0.15) is 0 Å².